The number of aromatic nitrogens is 2. The molecule has 2 rings (SSSR count). The normalized spacial score (nSPS) is 10.3. The third-order valence-corrected chi connectivity index (χ3v) is 2.68. The van der Waals surface area contributed by atoms with E-state index in [1.54, 1.807) is 23.9 Å². The molecule has 2 aromatic heterocycles. The number of hydrogen-bond donors (Lipinski definition) is 0. The van der Waals surface area contributed by atoms with Crippen LogP contribution in [-0.4, -0.2) is 9.55 Å². The van der Waals surface area contributed by atoms with Crippen LogP contribution in [0.25, 0.3) is 5.00 Å². The molecule has 0 radical (unpaired) electrons. The van der Waals surface area contributed by atoms with Crippen molar-refractivity contribution in [3.05, 3.63) is 35.2 Å². The van der Waals surface area contributed by atoms with Crippen LogP contribution in [0.1, 0.15) is 0 Å². The lowest BCUT2D eigenvalue weighted by Crippen LogP contribution is -1.84. The average Bonchev–Trinajstić information content (AvgIpc) is 2.55. The van der Waals surface area contributed by atoms with Gasteiger partial charge in [0.05, 0.1) is 11.3 Å². The lowest BCUT2D eigenvalue weighted by Gasteiger charge is -1.95. The summed E-state index contributed by atoms with van der Waals surface area (Å²) in [6, 6.07) is 1.88. The lowest BCUT2D eigenvalue weighted by molar-refractivity contribution is 1.09. The third-order valence-electron chi connectivity index (χ3n) is 1.34. The molecule has 0 fully saturated rings. The van der Waals surface area contributed by atoms with Crippen molar-refractivity contribution in [3.8, 4) is 5.00 Å². The van der Waals surface area contributed by atoms with Crippen LogP contribution < -0.4 is 0 Å². The van der Waals surface area contributed by atoms with Crippen molar-refractivity contribution in [2.75, 3.05) is 0 Å². The van der Waals surface area contributed by atoms with Gasteiger partial charge in [0.25, 0.3) is 0 Å². The van der Waals surface area contributed by atoms with Crippen molar-refractivity contribution in [1.82, 2.24) is 9.55 Å². The molecule has 0 aliphatic carbocycles. The maximum absolute atomic E-state index is 5.89. The molecule has 2 heterocycles. The Morgan fingerprint density at radius 1 is 1.55 bits per heavy atom. The van der Waals surface area contributed by atoms with Crippen molar-refractivity contribution in [1.29, 1.82) is 0 Å². The Morgan fingerprint density at radius 2 is 2.45 bits per heavy atom. The summed E-state index contributed by atoms with van der Waals surface area (Å²) in [5, 5.41) is 3.75. The first-order valence-corrected chi connectivity index (χ1v) is 4.35. The first-order valence-electron chi connectivity index (χ1n) is 3.09. The Labute approximate surface area is 73.1 Å². The van der Waals surface area contributed by atoms with Crippen LogP contribution >= 0.6 is 22.9 Å². The summed E-state index contributed by atoms with van der Waals surface area (Å²) in [4.78, 5) is 3.93. The molecule has 0 bridgehead atoms. The van der Waals surface area contributed by atoms with Gasteiger partial charge in [-0.25, -0.2) is 4.98 Å². The molecule has 4 heteroatoms. The fraction of sp³-hybridized carbons (Fsp3) is 0. The van der Waals surface area contributed by atoms with E-state index in [2.05, 4.69) is 4.98 Å². The summed E-state index contributed by atoms with van der Waals surface area (Å²) in [7, 11) is 0. The zero-order chi connectivity index (χ0) is 7.68. The first-order chi connectivity index (χ1) is 5.38. The fourth-order valence-electron chi connectivity index (χ4n) is 0.849. The van der Waals surface area contributed by atoms with Gasteiger partial charge in [-0.15, -0.1) is 11.3 Å². The van der Waals surface area contributed by atoms with Crippen molar-refractivity contribution in [3.63, 3.8) is 0 Å². The Morgan fingerprint density at radius 3 is 3.00 bits per heavy atom. The van der Waals surface area contributed by atoms with Gasteiger partial charge in [0, 0.05) is 12.4 Å². The molecule has 0 aliphatic rings. The van der Waals surface area contributed by atoms with Gasteiger partial charge < -0.3 is 0 Å². The summed E-state index contributed by atoms with van der Waals surface area (Å²) >= 11 is 7.49. The van der Waals surface area contributed by atoms with Gasteiger partial charge in [0.2, 0.25) is 0 Å². The van der Waals surface area contributed by atoms with Crippen LogP contribution in [0.2, 0.25) is 5.02 Å². The largest absolute Gasteiger partial charge is 0.296 e. The summed E-state index contributed by atoms with van der Waals surface area (Å²) in [5.41, 5.74) is 0. The number of thiophene rings is 1. The summed E-state index contributed by atoms with van der Waals surface area (Å²) in [6.07, 6.45) is 5.34. The Balaban J connectivity index is 2.53. The quantitative estimate of drug-likeness (QED) is 0.666. The molecule has 2 aromatic rings. The maximum atomic E-state index is 5.89. The predicted molar refractivity (Wildman–Crippen MR) is 46.5 cm³/mol. The van der Waals surface area contributed by atoms with Gasteiger partial charge in [-0.2, -0.15) is 0 Å². The van der Waals surface area contributed by atoms with Gasteiger partial charge in [0.1, 0.15) is 5.00 Å². The molecule has 56 valence electrons. The first kappa shape index (κ1) is 6.88. The third kappa shape index (κ3) is 1.17. The van der Waals surface area contributed by atoms with E-state index in [1.165, 1.54) is 0 Å². The highest BCUT2D eigenvalue weighted by atomic mass is 35.5. The fourth-order valence-corrected chi connectivity index (χ4v) is 1.96. The molecule has 0 saturated heterocycles. The minimum atomic E-state index is 0.771. The van der Waals surface area contributed by atoms with Crippen LogP contribution in [0.3, 0.4) is 0 Å². The highest BCUT2D eigenvalue weighted by Gasteiger charge is 2.01. The predicted octanol–water partition coefficient (Wildman–Crippen LogP) is 2.59. The number of rotatable bonds is 1. The maximum Gasteiger partial charge on any atom is 0.119 e. The van der Waals surface area contributed by atoms with Crippen LogP contribution in [0.4, 0.5) is 0 Å². The van der Waals surface area contributed by atoms with Crippen LogP contribution in [0, 0.1) is 0 Å². The monoisotopic (exact) mass is 184 g/mol. The van der Waals surface area contributed by atoms with Crippen molar-refractivity contribution >= 4 is 22.9 Å². The second kappa shape index (κ2) is 2.68. The zero-order valence-corrected chi connectivity index (χ0v) is 7.14. The van der Waals surface area contributed by atoms with Crippen molar-refractivity contribution < 1.29 is 0 Å². The van der Waals surface area contributed by atoms with E-state index in [0.717, 1.165) is 10.0 Å². The average molecular weight is 185 g/mol. The van der Waals surface area contributed by atoms with Gasteiger partial charge >= 0.3 is 0 Å². The van der Waals surface area contributed by atoms with E-state index in [-0.39, 0.29) is 0 Å². The van der Waals surface area contributed by atoms with Crippen molar-refractivity contribution in [2.24, 2.45) is 0 Å². The molecule has 0 saturated carbocycles. The highest BCUT2D eigenvalue weighted by molar-refractivity contribution is 7.13. The smallest absolute Gasteiger partial charge is 0.119 e. The molecule has 0 aliphatic heterocycles. The number of imidazole rings is 1. The number of nitrogens with zero attached hydrogens (tertiary/aromatic N) is 2. The zero-order valence-electron chi connectivity index (χ0n) is 5.57. The second-order valence-electron chi connectivity index (χ2n) is 2.04. The standard InChI is InChI=1S/C7H5ClN2S/c8-6-1-4-11-7(6)10-3-2-9-5-10/h1-5H. The second-order valence-corrected chi connectivity index (χ2v) is 3.35. The van der Waals surface area contributed by atoms with E-state index in [1.807, 2.05) is 22.2 Å². The molecular weight excluding hydrogens is 180 g/mol. The molecule has 0 atom stereocenters. The van der Waals surface area contributed by atoms with Gasteiger partial charge in [0.15, 0.2) is 0 Å². The molecule has 11 heavy (non-hydrogen) atoms. The van der Waals surface area contributed by atoms with Gasteiger partial charge in [-0.05, 0) is 11.4 Å². The van der Waals surface area contributed by atoms with E-state index < -0.39 is 0 Å². The molecule has 0 spiro atoms. The molecule has 0 unspecified atom stereocenters. The highest BCUT2D eigenvalue weighted by Crippen LogP contribution is 2.25. The van der Waals surface area contributed by atoms with E-state index >= 15 is 0 Å². The topological polar surface area (TPSA) is 17.8 Å². The summed E-state index contributed by atoms with van der Waals surface area (Å²) in [6.45, 7) is 0. The Bertz CT molecular complexity index is 339. The van der Waals surface area contributed by atoms with Crippen LogP contribution in [0.5, 0.6) is 0 Å². The molecule has 0 amide bonds. The van der Waals surface area contributed by atoms with E-state index in [9.17, 15) is 0 Å². The lowest BCUT2D eigenvalue weighted by atomic mass is 10.6. The molecule has 0 N–H and O–H groups in total. The summed E-state index contributed by atoms with van der Waals surface area (Å²) in [5.74, 6) is 0. The van der Waals surface area contributed by atoms with E-state index in [4.69, 9.17) is 11.6 Å². The number of halogens is 1. The Hall–Kier alpha value is -0.800. The number of hydrogen-bond acceptors (Lipinski definition) is 2. The SMILES string of the molecule is Clc1ccsc1-n1ccnc1. The van der Waals surface area contributed by atoms with Gasteiger partial charge in [-0.3, -0.25) is 4.57 Å². The molecular formula is C7H5ClN2S. The minimum Gasteiger partial charge on any atom is -0.296 e. The minimum absolute atomic E-state index is 0.771. The Kier molecular flexibility index (Phi) is 1.68. The summed E-state index contributed by atoms with van der Waals surface area (Å²) < 4.78 is 1.90. The van der Waals surface area contributed by atoms with E-state index in [0.29, 0.717) is 0 Å². The van der Waals surface area contributed by atoms with Gasteiger partial charge in [-0.1, -0.05) is 11.6 Å². The molecule has 2 nitrogen and oxygen atoms in total. The van der Waals surface area contributed by atoms with Crippen LogP contribution in [0.15, 0.2) is 30.2 Å². The van der Waals surface area contributed by atoms with Crippen LogP contribution in [-0.2, 0) is 0 Å². The molecule has 0 aromatic carbocycles. The van der Waals surface area contributed by atoms with Crippen molar-refractivity contribution in [2.45, 2.75) is 0 Å².